The Morgan fingerprint density at radius 3 is 2.55 bits per heavy atom. The van der Waals surface area contributed by atoms with Crippen LogP contribution in [-0.4, -0.2) is 16.4 Å². The lowest BCUT2D eigenvalue weighted by molar-refractivity contribution is -0.105. The molecule has 1 aromatic heterocycles. The van der Waals surface area contributed by atoms with Crippen LogP contribution in [0.25, 0.3) is 6.08 Å². The Bertz CT molecular complexity index is 1210. The largest absolute Gasteiger partial charge is 0.335 e. The predicted molar refractivity (Wildman–Crippen MR) is 115 cm³/mol. The first-order valence-electron chi connectivity index (χ1n) is 8.70. The average molecular weight is 434 g/mol. The minimum Gasteiger partial charge on any atom is -0.335 e. The van der Waals surface area contributed by atoms with Crippen molar-refractivity contribution in [3.63, 3.8) is 0 Å². The molecule has 3 aromatic rings. The highest BCUT2D eigenvalue weighted by atomic mass is 35.5. The molecule has 0 fully saturated rings. The Morgan fingerprint density at radius 2 is 1.90 bits per heavy atom. The monoisotopic (exact) mass is 433 g/mol. The van der Waals surface area contributed by atoms with Crippen LogP contribution in [0.2, 0.25) is 5.02 Å². The summed E-state index contributed by atoms with van der Waals surface area (Å²) in [6.07, 6.45) is 4.40. The molecule has 0 aliphatic rings. The van der Waals surface area contributed by atoms with E-state index in [9.17, 15) is 9.18 Å². The fraction of sp³-hybridized carbons (Fsp3) is 0. The van der Waals surface area contributed by atoms with Crippen molar-refractivity contribution in [2.45, 2.75) is 0 Å². The first kappa shape index (κ1) is 21.2. The van der Waals surface area contributed by atoms with Crippen LogP contribution in [0, 0.1) is 28.5 Å². The highest BCUT2D eigenvalue weighted by Gasteiger charge is 2.14. The third kappa shape index (κ3) is 5.32. The summed E-state index contributed by atoms with van der Waals surface area (Å²) in [5.74, 6) is -0.421. The maximum absolute atomic E-state index is 14.6. The fourth-order valence-electron chi connectivity index (χ4n) is 2.52. The molecule has 1 heterocycles. The van der Waals surface area contributed by atoms with Crippen LogP contribution in [0.4, 0.5) is 33.2 Å². The van der Waals surface area contributed by atoms with E-state index in [1.807, 2.05) is 12.1 Å². The molecule has 0 aliphatic carbocycles. The highest BCUT2D eigenvalue weighted by Crippen LogP contribution is 2.32. The molecule has 0 atom stereocenters. The number of anilines is 5. The summed E-state index contributed by atoms with van der Waals surface area (Å²) in [5.41, 5.74) is 1.67. The van der Waals surface area contributed by atoms with E-state index in [-0.39, 0.29) is 28.2 Å². The van der Waals surface area contributed by atoms with Gasteiger partial charge in [-0.15, -0.1) is 0 Å². The molecule has 1 amide bonds. The molecule has 3 N–H and O–H groups in total. The van der Waals surface area contributed by atoms with E-state index in [0.717, 1.165) is 0 Å². The van der Waals surface area contributed by atoms with Crippen LogP contribution in [0.1, 0.15) is 11.1 Å². The number of nitrogens with one attached hydrogen (secondary N) is 3. The molecule has 0 radical (unpaired) electrons. The maximum atomic E-state index is 14.6. The van der Waals surface area contributed by atoms with Crippen LogP contribution in [0.5, 0.6) is 0 Å². The van der Waals surface area contributed by atoms with Gasteiger partial charge in [-0.05, 0) is 48.0 Å². The van der Waals surface area contributed by atoms with Crippen molar-refractivity contribution >= 4 is 52.9 Å². The summed E-state index contributed by atoms with van der Waals surface area (Å²) < 4.78 is 14.6. The number of hydrogen-bond acceptors (Lipinski definition) is 7. The number of carbonyl (C=O) groups is 1. The number of halogens is 2. The number of rotatable bonds is 7. The lowest BCUT2D eigenvalue weighted by Crippen LogP contribution is -2.07. The summed E-state index contributed by atoms with van der Waals surface area (Å²) in [6, 6.07) is 13.1. The third-order valence-corrected chi connectivity index (χ3v) is 4.23. The van der Waals surface area contributed by atoms with E-state index in [1.165, 1.54) is 30.5 Å². The van der Waals surface area contributed by atoms with E-state index in [0.29, 0.717) is 23.2 Å². The van der Waals surface area contributed by atoms with Gasteiger partial charge < -0.3 is 16.0 Å². The van der Waals surface area contributed by atoms with E-state index in [4.69, 9.17) is 22.1 Å². The van der Waals surface area contributed by atoms with Crippen LogP contribution in [0.15, 0.2) is 48.7 Å². The van der Waals surface area contributed by atoms with Gasteiger partial charge in [-0.25, -0.2) is 9.37 Å². The molecular weight excluding hydrogens is 421 g/mol. The summed E-state index contributed by atoms with van der Waals surface area (Å²) in [4.78, 5) is 19.3. The molecule has 31 heavy (non-hydrogen) atoms. The average Bonchev–Trinajstić information content (AvgIpc) is 2.77. The van der Waals surface area contributed by atoms with Gasteiger partial charge in [-0.2, -0.15) is 15.5 Å². The summed E-state index contributed by atoms with van der Waals surface area (Å²) in [7, 11) is 0. The molecule has 0 saturated carbocycles. The Hall–Kier alpha value is -4.47. The standard InChI is InChI=1S/C21H13ClFN7O/c22-16-8-14(2-1-7-24)9-17(23)19(16)29-20-18(27-12-31)11-26-21(30-20)28-15-5-3-13(10-25)4-6-15/h1-6,8-9,11-12H,(H,27,31)(H2,26,28,29,30). The van der Waals surface area contributed by atoms with Crippen molar-refractivity contribution in [3.8, 4) is 12.1 Å². The molecule has 2 aromatic carbocycles. The normalized spacial score (nSPS) is 10.2. The van der Waals surface area contributed by atoms with Crippen molar-refractivity contribution in [2.24, 2.45) is 0 Å². The van der Waals surface area contributed by atoms with Gasteiger partial charge in [0, 0.05) is 11.8 Å². The molecule has 0 spiro atoms. The van der Waals surface area contributed by atoms with Gasteiger partial charge in [-0.1, -0.05) is 11.6 Å². The Kier molecular flexibility index (Phi) is 6.74. The lowest BCUT2D eigenvalue weighted by atomic mass is 10.2. The van der Waals surface area contributed by atoms with E-state index < -0.39 is 5.82 Å². The molecule has 3 rings (SSSR count). The zero-order valence-electron chi connectivity index (χ0n) is 15.7. The number of allylic oxidation sites excluding steroid dienone is 1. The van der Waals surface area contributed by atoms with Crippen molar-refractivity contribution in [1.29, 1.82) is 10.5 Å². The summed E-state index contributed by atoms with van der Waals surface area (Å²) in [6.45, 7) is 0. The molecular formula is C21H13ClFN7O. The molecule has 0 bridgehead atoms. The van der Waals surface area contributed by atoms with Crippen LogP contribution in [0.3, 0.4) is 0 Å². The van der Waals surface area contributed by atoms with Crippen molar-refractivity contribution in [3.05, 3.63) is 70.6 Å². The molecule has 0 unspecified atom stereocenters. The molecule has 0 saturated heterocycles. The van der Waals surface area contributed by atoms with Gasteiger partial charge in [-0.3, -0.25) is 4.79 Å². The molecule has 8 nitrogen and oxygen atoms in total. The Balaban J connectivity index is 1.93. The van der Waals surface area contributed by atoms with Crippen molar-refractivity contribution < 1.29 is 9.18 Å². The topological polar surface area (TPSA) is 127 Å². The first-order valence-corrected chi connectivity index (χ1v) is 9.08. The number of nitrogens with zero attached hydrogens (tertiary/aromatic N) is 4. The number of aromatic nitrogens is 2. The number of hydrogen-bond donors (Lipinski definition) is 3. The van der Waals surface area contributed by atoms with Crippen molar-refractivity contribution in [1.82, 2.24) is 9.97 Å². The number of amides is 1. The van der Waals surface area contributed by atoms with Crippen LogP contribution >= 0.6 is 11.6 Å². The minimum absolute atomic E-state index is 0.0508. The second kappa shape index (κ2) is 9.83. The molecule has 10 heteroatoms. The number of nitriles is 2. The van der Waals surface area contributed by atoms with E-state index >= 15 is 0 Å². The summed E-state index contributed by atoms with van der Waals surface area (Å²) >= 11 is 6.20. The van der Waals surface area contributed by atoms with Crippen LogP contribution in [-0.2, 0) is 4.79 Å². The third-order valence-electron chi connectivity index (χ3n) is 3.93. The summed E-state index contributed by atoms with van der Waals surface area (Å²) in [5, 5.41) is 25.7. The Labute approximate surface area is 181 Å². The van der Waals surface area contributed by atoms with E-state index in [2.05, 4.69) is 25.9 Å². The molecule has 0 aliphatic heterocycles. The van der Waals surface area contributed by atoms with Gasteiger partial charge in [0.2, 0.25) is 12.4 Å². The van der Waals surface area contributed by atoms with Gasteiger partial charge in [0.15, 0.2) is 5.82 Å². The highest BCUT2D eigenvalue weighted by molar-refractivity contribution is 6.33. The van der Waals surface area contributed by atoms with Gasteiger partial charge in [0.1, 0.15) is 11.5 Å². The minimum atomic E-state index is -0.678. The smallest absolute Gasteiger partial charge is 0.229 e. The van der Waals surface area contributed by atoms with Crippen molar-refractivity contribution in [2.75, 3.05) is 16.0 Å². The quantitative estimate of drug-likeness (QED) is 0.363. The van der Waals surface area contributed by atoms with Gasteiger partial charge in [0.25, 0.3) is 0 Å². The van der Waals surface area contributed by atoms with Gasteiger partial charge in [0.05, 0.1) is 34.6 Å². The maximum Gasteiger partial charge on any atom is 0.229 e. The second-order valence-corrected chi connectivity index (χ2v) is 6.39. The zero-order valence-corrected chi connectivity index (χ0v) is 16.5. The fourth-order valence-corrected chi connectivity index (χ4v) is 2.79. The SMILES string of the molecule is N#CC=Cc1cc(F)c(Nc2nc(Nc3ccc(C#N)cc3)ncc2NC=O)c(Cl)c1. The second-order valence-electron chi connectivity index (χ2n) is 5.98. The Morgan fingerprint density at radius 1 is 1.13 bits per heavy atom. The molecule has 152 valence electrons. The predicted octanol–water partition coefficient (Wildman–Crippen LogP) is 4.73. The van der Waals surface area contributed by atoms with E-state index in [1.54, 1.807) is 24.3 Å². The first-order chi connectivity index (χ1) is 15.0. The number of benzene rings is 2. The van der Waals surface area contributed by atoms with Crippen LogP contribution < -0.4 is 16.0 Å². The lowest BCUT2D eigenvalue weighted by Gasteiger charge is -2.14. The zero-order chi connectivity index (χ0) is 22.2. The van der Waals surface area contributed by atoms with Gasteiger partial charge >= 0.3 is 0 Å². The number of carbonyl (C=O) groups excluding carboxylic acids is 1.